The first-order chi connectivity index (χ1) is 18.6. The molecule has 1 N–H and O–H groups in total. The summed E-state index contributed by atoms with van der Waals surface area (Å²) in [5.41, 5.74) is 7.21. The Morgan fingerprint density at radius 2 is 1.71 bits per heavy atom. The van der Waals surface area contributed by atoms with Crippen LogP contribution in [0.3, 0.4) is 0 Å². The van der Waals surface area contributed by atoms with Crippen molar-refractivity contribution in [1.82, 2.24) is 29.8 Å². The third kappa shape index (κ3) is 5.27. The number of nitrogens with one attached hydrogen (secondary N) is 1. The van der Waals surface area contributed by atoms with E-state index in [0.29, 0.717) is 12.4 Å². The van der Waals surface area contributed by atoms with E-state index in [1.54, 1.807) is 0 Å². The number of halogens is 1. The molecule has 0 radical (unpaired) electrons. The maximum atomic E-state index is 13.8. The van der Waals surface area contributed by atoms with E-state index < -0.39 is 0 Å². The summed E-state index contributed by atoms with van der Waals surface area (Å²) in [4.78, 5) is 13.8. The number of rotatable bonds is 10. The molecule has 8 heteroatoms. The van der Waals surface area contributed by atoms with Gasteiger partial charge in [-0.2, -0.15) is 5.21 Å². The second kappa shape index (κ2) is 11.7. The van der Waals surface area contributed by atoms with Crippen molar-refractivity contribution in [3.63, 3.8) is 0 Å². The van der Waals surface area contributed by atoms with Crippen molar-refractivity contribution in [2.24, 2.45) is 0 Å². The van der Waals surface area contributed by atoms with Gasteiger partial charge in [-0.3, -0.25) is 9.13 Å². The topological polar surface area (TPSA) is 81.4 Å². The van der Waals surface area contributed by atoms with Gasteiger partial charge >= 0.3 is 5.69 Å². The van der Waals surface area contributed by atoms with Crippen LogP contribution < -0.4 is 5.69 Å². The smallest absolute Gasteiger partial charge is 0.292 e. The predicted molar refractivity (Wildman–Crippen MR) is 154 cm³/mol. The molecule has 7 nitrogen and oxygen atoms in total. The van der Waals surface area contributed by atoms with Gasteiger partial charge in [0.05, 0.1) is 12.2 Å². The Morgan fingerprint density at radius 3 is 2.42 bits per heavy atom. The van der Waals surface area contributed by atoms with Crippen molar-refractivity contribution in [2.75, 3.05) is 0 Å². The fourth-order valence-electron chi connectivity index (χ4n) is 4.90. The Hall–Kier alpha value is -3.78. The molecule has 38 heavy (non-hydrogen) atoms. The van der Waals surface area contributed by atoms with Crippen LogP contribution in [-0.4, -0.2) is 29.8 Å². The number of unbranched alkanes of at least 4 members (excludes halogenated alkanes) is 2. The van der Waals surface area contributed by atoms with E-state index in [1.807, 2.05) is 45.7 Å². The van der Waals surface area contributed by atoms with Crippen LogP contribution in [0.5, 0.6) is 0 Å². The minimum absolute atomic E-state index is 0.00960. The van der Waals surface area contributed by atoms with E-state index in [-0.39, 0.29) is 5.69 Å². The monoisotopic (exact) mass is 570 g/mol. The highest BCUT2D eigenvalue weighted by Crippen LogP contribution is 2.30. The molecule has 3 aromatic carbocycles. The van der Waals surface area contributed by atoms with E-state index >= 15 is 0 Å². The Labute approximate surface area is 230 Å². The van der Waals surface area contributed by atoms with Gasteiger partial charge in [-0.05, 0) is 68.7 Å². The standard InChI is InChI=1S/C30H31BrN6O/c1-3-5-6-11-24-20-37(28-22(4-2)10-9-14-27(28)31)30(38)36(24)19-21-15-17-23(18-16-21)25-12-7-8-13-26(25)29-32-34-35-33-29/h7-10,12-18,20H,3-6,11,19H2,1-2H3,(H,32,33,34,35). The summed E-state index contributed by atoms with van der Waals surface area (Å²) in [6.07, 6.45) is 7.10. The number of nitrogens with zero attached hydrogens (tertiary/aromatic N) is 5. The second-order valence-electron chi connectivity index (χ2n) is 9.40. The molecule has 0 unspecified atom stereocenters. The molecule has 0 bridgehead atoms. The molecule has 0 saturated heterocycles. The first-order valence-corrected chi connectivity index (χ1v) is 13.9. The summed E-state index contributed by atoms with van der Waals surface area (Å²) in [7, 11) is 0. The van der Waals surface area contributed by atoms with Crippen molar-refractivity contribution >= 4 is 15.9 Å². The van der Waals surface area contributed by atoms with Gasteiger partial charge in [-0.15, -0.1) is 10.2 Å². The zero-order valence-electron chi connectivity index (χ0n) is 21.7. The van der Waals surface area contributed by atoms with Gasteiger partial charge in [0.1, 0.15) is 0 Å². The van der Waals surface area contributed by atoms with Crippen LogP contribution in [0.4, 0.5) is 0 Å². The summed E-state index contributed by atoms with van der Waals surface area (Å²) >= 11 is 3.69. The number of imidazole rings is 1. The number of H-pyrrole nitrogens is 1. The Balaban J connectivity index is 1.49. The third-order valence-corrected chi connectivity index (χ3v) is 7.55. The highest BCUT2D eigenvalue weighted by atomic mass is 79.9. The zero-order valence-corrected chi connectivity index (χ0v) is 23.3. The van der Waals surface area contributed by atoms with E-state index in [9.17, 15) is 4.79 Å². The largest absolute Gasteiger partial charge is 0.333 e. The third-order valence-electron chi connectivity index (χ3n) is 6.91. The van der Waals surface area contributed by atoms with Gasteiger partial charge in [0.15, 0.2) is 0 Å². The minimum atomic E-state index is -0.00960. The summed E-state index contributed by atoms with van der Waals surface area (Å²) in [5, 5.41) is 14.5. The van der Waals surface area contributed by atoms with Crippen molar-refractivity contribution in [3.05, 3.63) is 105 Å². The summed E-state index contributed by atoms with van der Waals surface area (Å²) in [6, 6.07) is 22.5. The van der Waals surface area contributed by atoms with Crippen molar-refractivity contribution in [1.29, 1.82) is 0 Å². The van der Waals surface area contributed by atoms with Crippen LogP contribution >= 0.6 is 15.9 Å². The molecule has 5 aromatic rings. The van der Waals surface area contributed by atoms with Gasteiger partial charge < -0.3 is 0 Å². The predicted octanol–water partition coefficient (Wildman–Crippen LogP) is 6.59. The van der Waals surface area contributed by atoms with Crippen LogP contribution in [0.2, 0.25) is 0 Å². The highest BCUT2D eigenvalue weighted by molar-refractivity contribution is 9.10. The van der Waals surface area contributed by atoms with E-state index in [1.165, 1.54) is 0 Å². The first kappa shape index (κ1) is 25.9. The molecule has 0 saturated carbocycles. The lowest BCUT2D eigenvalue weighted by Crippen LogP contribution is -2.25. The molecule has 0 amide bonds. The normalized spacial score (nSPS) is 11.2. The van der Waals surface area contributed by atoms with Crippen LogP contribution in [0, 0.1) is 0 Å². The Morgan fingerprint density at radius 1 is 0.921 bits per heavy atom. The van der Waals surface area contributed by atoms with Gasteiger partial charge in [0.25, 0.3) is 0 Å². The number of benzene rings is 3. The van der Waals surface area contributed by atoms with E-state index in [4.69, 9.17) is 0 Å². The number of aromatic nitrogens is 6. The lowest BCUT2D eigenvalue weighted by molar-refractivity contribution is 0.653. The average Bonchev–Trinajstić information content (AvgIpc) is 3.58. The van der Waals surface area contributed by atoms with Gasteiger partial charge in [-0.25, -0.2) is 4.79 Å². The second-order valence-corrected chi connectivity index (χ2v) is 10.2. The van der Waals surface area contributed by atoms with Gasteiger partial charge in [0, 0.05) is 21.9 Å². The van der Waals surface area contributed by atoms with E-state index in [0.717, 1.165) is 75.8 Å². The summed E-state index contributed by atoms with van der Waals surface area (Å²) in [5.74, 6) is 0.563. The molecule has 194 valence electrons. The van der Waals surface area contributed by atoms with Crippen molar-refractivity contribution < 1.29 is 0 Å². The number of aryl methyl sites for hydroxylation is 2. The van der Waals surface area contributed by atoms with Gasteiger partial charge in [-0.1, -0.05) is 87.4 Å². The van der Waals surface area contributed by atoms with Crippen LogP contribution in [0.15, 0.2) is 82.2 Å². The number of aromatic amines is 1. The Kier molecular flexibility index (Phi) is 7.98. The van der Waals surface area contributed by atoms with Crippen molar-refractivity contribution in [2.45, 2.75) is 52.5 Å². The molecule has 0 aliphatic rings. The SMILES string of the molecule is CCCCCc1cn(-c2c(Br)cccc2CC)c(=O)n1Cc1ccc(-c2ccccc2-c2nn[nH]n2)cc1. The minimum Gasteiger partial charge on any atom is -0.292 e. The quantitative estimate of drug-likeness (QED) is 0.192. The molecular weight excluding hydrogens is 540 g/mol. The molecule has 0 aliphatic carbocycles. The molecule has 0 atom stereocenters. The van der Waals surface area contributed by atoms with Crippen molar-refractivity contribution in [3.8, 4) is 28.2 Å². The summed E-state index contributed by atoms with van der Waals surface area (Å²) < 4.78 is 4.68. The van der Waals surface area contributed by atoms with Crippen LogP contribution in [0.1, 0.15) is 49.9 Å². The van der Waals surface area contributed by atoms with Crippen LogP contribution in [0.25, 0.3) is 28.2 Å². The molecule has 0 fully saturated rings. The lowest BCUT2D eigenvalue weighted by Gasteiger charge is -2.11. The number of hydrogen-bond donors (Lipinski definition) is 1. The lowest BCUT2D eigenvalue weighted by atomic mass is 9.98. The molecule has 2 aromatic heterocycles. The number of hydrogen-bond acceptors (Lipinski definition) is 4. The fraction of sp³-hybridized carbons (Fsp3) is 0.267. The molecule has 2 heterocycles. The van der Waals surface area contributed by atoms with Crippen LogP contribution in [-0.2, 0) is 19.4 Å². The highest BCUT2D eigenvalue weighted by Gasteiger charge is 2.17. The maximum absolute atomic E-state index is 13.8. The molecule has 0 spiro atoms. The average molecular weight is 572 g/mol. The first-order valence-electron chi connectivity index (χ1n) is 13.1. The van der Waals surface area contributed by atoms with Gasteiger partial charge in [0.2, 0.25) is 5.82 Å². The number of para-hydroxylation sites is 1. The molecule has 0 aliphatic heterocycles. The Bertz CT molecular complexity index is 1570. The zero-order chi connectivity index (χ0) is 26.5. The fourth-order valence-corrected chi connectivity index (χ4v) is 5.50. The summed E-state index contributed by atoms with van der Waals surface area (Å²) in [6.45, 7) is 4.84. The maximum Gasteiger partial charge on any atom is 0.333 e. The van der Waals surface area contributed by atoms with E-state index in [2.05, 4.69) is 86.8 Å². The molecule has 5 rings (SSSR count). The molecular formula is C30H31BrN6O. The number of tetrazole rings is 1.